The monoisotopic (exact) mass is 363 g/mol. The van der Waals surface area contributed by atoms with E-state index in [4.69, 9.17) is 0 Å². The van der Waals surface area contributed by atoms with Crippen LogP contribution in [0.3, 0.4) is 0 Å². The highest BCUT2D eigenvalue weighted by Gasteiger charge is 2.33. The van der Waals surface area contributed by atoms with E-state index in [9.17, 15) is 18.0 Å². The quantitative estimate of drug-likeness (QED) is 0.633. The number of thiazole rings is 1. The Labute approximate surface area is 142 Å². The summed E-state index contributed by atoms with van der Waals surface area (Å²) in [5, 5.41) is 7.46. The lowest BCUT2D eigenvalue weighted by atomic mass is 10.3. The molecule has 1 aliphatic rings. The highest BCUT2D eigenvalue weighted by atomic mass is 32.1. The van der Waals surface area contributed by atoms with Crippen molar-refractivity contribution in [2.75, 3.05) is 20.1 Å². The van der Waals surface area contributed by atoms with Gasteiger partial charge in [0.15, 0.2) is 11.7 Å². The number of guanidine groups is 1. The van der Waals surface area contributed by atoms with Gasteiger partial charge in [-0.25, -0.2) is 4.98 Å². The first-order valence-corrected chi connectivity index (χ1v) is 8.48. The second kappa shape index (κ2) is 7.82. The number of aromatic nitrogens is 1. The molecule has 1 unspecified atom stereocenters. The van der Waals surface area contributed by atoms with Crippen LogP contribution in [0.15, 0.2) is 10.4 Å². The molecule has 1 amide bonds. The maximum atomic E-state index is 12.5. The SMILES string of the molecule is CCC(=O)N1CCC(NC(=NC)NCc2nc(C(F)(F)F)cs2)C1. The van der Waals surface area contributed by atoms with E-state index < -0.39 is 11.9 Å². The number of nitrogens with zero attached hydrogens (tertiary/aromatic N) is 3. The predicted molar refractivity (Wildman–Crippen MR) is 85.7 cm³/mol. The molecule has 1 aromatic heterocycles. The van der Waals surface area contributed by atoms with E-state index in [1.54, 1.807) is 11.9 Å². The van der Waals surface area contributed by atoms with Crippen molar-refractivity contribution in [2.45, 2.75) is 38.5 Å². The molecule has 1 atom stereocenters. The molecule has 0 spiro atoms. The second-order valence-corrected chi connectivity index (χ2v) is 6.32. The van der Waals surface area contributed by atoms with E-state index in [1.807, 2.05) is 6.92 Å². The number of hydrogen-bond donors (Lipinski definition) is 2. The summed E-state index contributed by atoms with van der Waals surface area (Å²) in [6.07, 6.45) is -3.14. The van der Waals surface area contributed by atoms with Crippen LogP contribution < -0.4 is 10.6 Å². The third-order valence-electron chi connectivity index (χ3n) is 3.66. The first-order chi connectivity index (χ1) is 11.3. The van der Waals surface area contributed by atoms with E-state index in [2.05, 4.69) is 20.6 Å². The second-order valence-electron chi connectivity index (χ2n) is 5.37. The van der Waals surface area contributed by atoms with Crippen LogP contribution in [-0.2, 0) is 17.5 Å². The molecule has 10 heteroatoms. The third-order valence-corrected chi connectivity index (χ3v) is 4.51. The molecule has 1 saturated heterocycles. The van der Waals surface area contributed by atoms with E-state index in [-0.39, 0.29) is 18.5 Å². The minimum absolute atomic E-state index is 0.0775. The van der Waals surface area contributed by atoms with Gasteiger partial charge < -0.3 is 15.5 Å². The summed E-state index contributed by atoms with van der Waals surface area (Å²) in [4.78, 5) is 21.1. The molecule has 2 N–H and O–H groups in total. The number of rotatable bonds is 4. The average molecular weight is 363 g/mol. The molecular formula is C14H20F3N5OS. The minimum atomic E-state index is -4.42. The summed E-state index contributed by atoms with van der Waals surface area (Å²) in [5.41, 5.74) is -0.878. The highest BCUT2D eigenvalue weighted by molar-refractivity contribution is 7.09. The topological polar surface area (TPSA) is 69.6 Å². The number of alkyl halides is 3. The van der Waals surface area contributed by atoms with E-state index in [0.717, 1.165) is 23.1 Å². The van der Waals surface area contributed by atoms with Crippen molar-refractivity contribution in [1.82, 2.24) is 20.5 Å². The Bertz CT molecular complexity index is 601. The van der Waals surface area contributed by atoms with Crippen LogP contribution in [0.25, 0.3) is 0 Å². The first kappa shape index (κ1) is 18.5. The van der Waals surface area contributed by atoms with Gasteiger partial charge in [0.2, 0.25) is 5.91 Å². The van der Waals surface area contributed by atoms with Crippen molar-refractivity contribution in [3.8, 4) is 0 Å². The number of aliphatic imine (C=N–C) groups is 1. The predicted octanol–water partition coefficient (Wildman–Crippen LogP) is 1.84. The highest BCUT2D eigenvalue weighted by Crippen LogP contribution is 2.29. The molecule has 2 rings (SSSR count). The molecule has 1 aliphatic heterocycles. The number of amides is 1. The van der Waals surface area contributed by atoms with Gasteiger partial charge in [-0.3, -0.25) is 9.79 Å². The molecular weight excluding hydrogens is 343 g/mol. The summed E-state index contributed by atoms with van der Waals surface area (Å²) in [6.45, 7) is 3.28. The lowest BCUT2D eigenvalue weighted by Gasteiger charge is -2.18. The van der Waals surface area contributed by atoms with Crippen molar-refractivity contribution in [1.29, 1.82) is 0 Å². The number of carbonyl (C=O) groups is 1. The van der Waals surface area contributed by atoms with Crippen LogP contribution in [0.5, 0.6) is 0 Å². The number of likely N-dealkylation sites (tertiary alicyclic amines) is 1. The Kier molecular flexibility index (Phi) is 6.03. The maximum Gasteiger partial charge on any atom is 0.434 e. The van der Waals surface area contributed by atoms with Gasteiger partial charge >= 0.3 is 6.18 Å². The molecule has 134 valence electrons. The molecule has 0 radical (unpaired) electrons. The van der Waals surface area contributed by atoms with Gasteiger partial charge in [0.05, 0.1) is 6.54 Å². The fraction of sp³-hybridized carbons (Fsp3) is 0.643. The Morgan fingerprint density at radius 3 is 2.88 bits per heavy atom. The summed E-state index contributed by atoms with van der Waals surface area (Å²) < 4.78 is 37.6. The zero-order valence-corrected chi connectivity index (χ0v) is 14.3. The zero-order valence-electron chi connectivity index (χ0n) is 13.5. The molecule has 1 aromatic rings. The largest absolute Gasteiger partial charge is 0.434 e. The molecule has 0 saturated carbocycles. The standard InChI is InChI=1S/C14H20F3N5OS/c1-3-12(23)22-5-4-9(7-22)20-13(18-2)19-6-11-21-10(8-24-11)14(15,16)17/h8-9H,3-7H2,1-2H3,(H2,18,19,20). The van der Waals surface area contributed by atoms with Gasteiger partial charge in [-0.15, -0.1) is 11.3 Å². The van der Waals surface area contributed by atoms with Crippen molar-refractivity contribution in [2.24, 2.45) is 4.99 Å². The van der Waals surface area contributed by atoms with Gasteiger partial charge in [0.1, 0.15) is 5.01 Å². The van der Waals surface area contributed by atoms with Gasteiger partial charge in [0, 0.05) is 38.0 Å². The minimum Gasteiger partial charge on any atom is -0.352 e. The van der Waals surface area contributed by atoms with Crippen molar-refractivity contribution in [3.05, 3.63) is 16.1 Å². The van der Waals surface area contributed by atoms with E-state index >= 15 is 0 Å². The molecule has 6 nitrogen and oxygen atoms in total. The lowest BCUT2D eigenvalue weighted by molar-refractivity contribution is -0.140. The zero-order chi connectivity index (χ0) is 17.7. The van der Waals surface area contributed by atoms with Crippen LogP contribution in [0.4, 0.5) is 13.2 Å². The average Bonchev–Trinajstić information content (AvgIpc) is 3.19. The summed E-state index contributed by atoms with van der Waals surface area (Å²) >= 11 is 0.950. The molecule has 0 bridgehead atoms. The van der Waals surface area contributed by atoms with Gasteiger partial charge in [0.25, 0.3) is 0 Å². The molecule has 0 aliphatic carbocycles. The molecule has 2 heterocycles. The Morgan fingerprint density at radius 2 is 2.29 bits per heavy atom. The number of nitrogens with one attached hydrogen (secondary N) is 2. The number of hydrogen-bond acceptors (Lipinski definition) is 4. The fourth-order valence-corrected chi connectivity index (χ4v) is 3.14. The lowest BCUT2D eigenvalue weighted by Crippen LogP contribution is -2.44. The van der Waals surface area contributed by atoms with E-state index in [0.29, 0.717) is 30.5 Å². The van der Waals surface area contributed by atoms with Crippen molar-refractivity contribution >= 4 is 23.2 Å². The summed E-state index contributed by atoms with van der Waals surface area (Å²) in [7, 11) is 1.59. The van der Waals surface area contributed by atoms with Crippen molar-refractivity contribution < 1.29 is 18.0 Å². The van der Waals surface area contributed by atoms with Gasteiger partial charge in [-0.1, -0.05) is 6.92 Å². The van der Waals surface area contributed by atoms with Crippen LogP contribution in [0, 0.1) is 0 Å². The normalized spacial score (nSPS) is 18.8. The maximum absolute atomic E-state index is 12.5. The van der Waals surface area contributed by atoms with Crippen LogP contribution in [0.2, 0.25) is 0 Å². The van der Waals surface area contributed by atoms with Crippen molar-refractivity contribution in [3.63, 3.8) is 0 Å². The smallest absolute Gasteiger partial charge is 0.352 e. The van der Waals surface area contributed by atoms with E-state index in [1.165, 1.54) is 0 Å². The molecule has 24 heavy (non-hydrogen) atoms. The van der Waals surface area contributed by atoms with Gasteiger partial charge in [-0.05, 0) is 6.42 Å². The Balaban J connectivity index is 1.83. The van der Waals surface area contributed by atoms with Gasteiger partial charge in [-0.2, -0.15) is 13.2 Å². The molecule has 0 aromatic carbocycles. The summed E-state index contributed by atoms with van der Waals surface area (Å²) in [6, 6.07) is 0.0775. The third kappa shape index (κ3) is 4.83. The summed E-state index contributed by atoms with van der Waals surface area (Å²) in [5.74, 6) is 0.597. The Hall–Kier alpha value is -1.84. The van der Waals surface area contributed by atoms with Crippen LogP contribution in [0.1, 0.15) is 30.5 Å². The van der Waals surface area contributed by atoms with Crippen LogP contribution >= 0.6 is 11.3 Å². The number of halogens is 3. The first-order valence-electron chi connectivity index (χ1n) is 7.60. The van der Waals surface area contributed by atoms with Crippen LogP contribution in [-0.4, -0.2) is 47.9 Å². The Morgan fingerprint density at radius 1 is 1.54 bits per heavy atom. The number of carbonyl (C=O) groups excluding carboxylic acids is 1. The fourth-order valence-electron chi connectivity index (χ4n) is 2.40. The molecule has 1 fully saturated rings.